The molecule has 3 amide bonds. The Kier molecular flexibility index (Phi) is 4.76. The van der Waals surface area contributed by atoms with Gasteiger partial charge < -0.3 is 9.32 Å². The van der Waals surface area contributed by atoms with E-state index in [9.17, 15) is 14.4 Å². The summed E-state index contributed by atoms with van der Waals surface area (Å²) >= 11 is 0. The van der Waals surface area contributed by atoms with Gasteiger partial charge in [-0.25, -0.2) is 4.98 Å². The molecular weight excluding hydrogens is 360 g/mol. The van der Waals surface area contributed by atoms with E-state index in [1.807, 2.05) is 24.3 Å². The number of nitrogens with zero attached hydrogens (tertiary/aromatic N) is 2. The van der Waals surface area contributed by atoms with E-state index in [2.05, 4.69) is 15.8 Å². The van der Waals surface area contributed by atoms with Crippen molar-refractivity contribution in [2.24, 2.45) is 5.92 Å². The number of aromatic nitrogens is 1. The van der Waals surface area contributed by atoms with Crippen LogP contribution >= 0.6 is 0 Å². The summed E-state index contributed by atoms with van der Waals surface area (Å²) in [5.74, 6) is -0.934. The van der Waals surface area contributed by atoms with Crippen LogP contribution in [0.25, 0.3) is 10.9 Å². The smallest absolute Gasteiger partial charge is 0.288 e. The molecule has 3 aromatic rings. The zero-order valence-electron chi connectivity index (χ0n) is 14.9. The molecule has 2 N–H and O–H groups in total. The first-order valence-corrected chi connectivity index (χ1v) is 8.86. The average Bonchev–Trinajstić information content (AvgIpc) is 3.36. The number of carbonyl (C=O) groups excluding carboxylic acids is 3. The molecule has 1 atom stereocenters. The molecule has 1 fully saturated rings. The van der Waals surface area contributed by atoms with Gasteiger partial charge in [-0.2, -0.15) is 0 Å². The fourth-order valence-electron chi connectivity index (χ4n) is 3.17. The zero-order valence-corrected chi connectivity index (χ0v) is 14.9. The summed E-state index contributed by atoms with van der Waals surface area (Å²) in [6.45, 7) is 0.596. The van der Waals surface area contributed by atoms with Crippen LogP contribution < -0.4 is 10.9 Å². The Morgan fingerprint density at radius 2 is 1.96 bits per heavy atom. The number of furan rings is 1. The summed E-state index contributed by atoms with van der Waals surface area (Å²) in [7, 11) is 0. The normalized spacial score (nSPS) is 16.4. The maximum atomic E-state index is 12.3. The summed E-state index contributed by atoms with van der Waals surface area (Å²) in [5, 5.41) is 0.921. The first-order chi connectivity index (χ1) is 13.6. The molecule has 8 nitrogen and oxygen atoms in total. The van der Waals surface area contributed by atoms with Crippen LogP contribution in [-0.4, -0.2) is 34.2 Å². The Balaban J connectivity index is 1.33. The Hall–Kier alpha value is -3.68. The number of fused-ring (bicyclic) bond motifs is 1. The second-order valence-electron chi connectivity index (χ2n) is 6.59. The van der Waals surface area contributed by atoms with Crippen molar-refractivity contribution in [2.75, 3.05) is 6.54 Å². The van der Waals surface area contributed by atoms with Gasteiger partial charge in [-0.1, -0.05) is 24.3 Å². The SMILES string of the molecule is O=C(NNC(=O)C1CC(=O)N(Cc2ccco2)C1)c1ccc2ccccc2n1. The summed E-state index contributed by atoms with van der Waals surface area (Å²) < 4.78 is 5.24. The van der Waals surface area contributed by atoms with Gasteiger partial charge >= 0.3 is 0 Å². The quantitative estimate of drug-likeness (QED) is 0.672. The average molecular weight is 378 g/mol. The monoisotopic (exact) mass is 378 g/mol. The van der Waals surface area contributed by atoms with E-state index in [-0.39, 0.29) is 24.6 Å². The number of pyridine rings is 1. The standard InChI is InChI=1S/C20H18N4O4/c25-18-10-14(11-24(18)12-15-5-3-9-28-15)19(26)22-23-20(27)17-8-7-13-4-1-2-6-16(13)21-17/h1-9,14H,10-12H2,(H,22,26)(H,23,27). The van der Waals surface area contributed by atoms with Gasteiger partial charge in [-0.05, 0) is 24.3 Å². The number of likely N-dealkylation sites (tertiary alicyclic amines) is 1. The van der Waals surface area contributed by atoms with Crippen LogP contribution in [0.15, 0.2) is 59.2 Å². The lowest BCUT2D eigenvalue weighted by atomic mass is 10.1. The number of carbonyl (C=O) groups is 3. The van der Waals surface area contributed by atoms with Crippen molar-refractivity contribution in [3.8, 4) is 0 Å². The topological polar surface area (TPSA) is 105 Å². The zero-order chi connectivity index (χ0) is 19.5. The van der Waals surface area contributed by atoms with E-state index in [4.69, 9.17) is 4.42 Å². The number of hydrazine groups is 1. The van der Waals surface area contributed by atoms with E-state index in [1.165, 1.54) is 6.26 Å². The maximum absolute atomic E-state index is 12.3. The maximum Gasteiger partial charge on any atom is 0.288 e. The van der Waals surface area contributed by atoms with Crippen molar-refractivity contribution in [3.63, 3.8) is 0 Å². The molecule has 1 saturated heterocycles. The van der Waals surface area contributed by atoms with Gasteiger partial charge in [0, 0.05) is 18.4 Å². The lowest BCUT2D eigenvalue weighted by molar-refractivity contribution is -0.129. The van der Waals surface area contributed by atoms with Crippen LogP contribution in [0, 0.1) is 5.92 Å². The van der Waals surface area contributed by atoms with Crippen molar-refractivity contribution < 1.29 is 18.8 Å². The minimum Gasteiger partial charge on any atom is -0.467 e. The number of para-hydroxylation sites is 1. The Labute approximate surface area is 160 Å². The minimum absolute atomic E-state index is 0.0939. The van der Waals surface area contributed by atoms with Crippen molar-refractivity contribution in [3.05, 3.63) is 66.2 Å². The number of amides is 3. The van der Waals surface area contributed by atoms with Gasteiger partial charge in [0.2, 0.25) is 11.8 Å². The minimum atomic E-state index is -0.535. The third kappa shape index (κ3) is 3.71. The van der Waals surface area contributed by atoms with E-state index >= 15 is 0 Å². The highest BCUT2D eigenvalue weighted by molar-refractivity contribution is 5.96. The number of benzene rings is 1. The molecule has 4 rings (SSSR count). The predicted octanol–water partition coefficient (Wildman–Crippen LogP) is 1.64. The molecule has 1 aromatic carbocycles. The molecule has 8 heteroatoms. The summed E-state index contributed by atoms with van der Waals surface area (Å²) in [4.78, 5) is 42.6. The molecule has 0 radical (unpaired) electrons. The number of nitrogens with one attached hydrogen (secondary N) is 2. The van der Waals surface area contributed by atoms with Gasteiger partial charge in [0.15, 0.2) is 0 Å². The van der Waals surface area contributed by atoms with Crippen molar-refractivity contribution in [2.45, 2.75) is 13.0 Å². The summed E-state index contributed by atoms with van der Waals surface area (Å²) in [5.41, 5.74) is 5.64. The fourth-order valence-corrected chi connectivity index (χ4v) is 3.17. The van der Waals surface area contributed by atoms with Gasteiger partial charge in [0.1, 0.15) is 11.5 Å². The Morgan fingerprint density at radius 3 is 2.79 bits per heavy atom. The Bertz CT molecular complexity index is 1030. The summed E-state index contributed by atoms with van der Waals surface area (Å²) in [6.07, 6.45) is 1.63. The molecular formula is C20H18N4O4. The van der Waals surface area contributed by atoms with Gasteiger partial charge in [0.25, 0.3) is 5.91 Å². The molecule has 28 heavy (non-hydrogen) atoms. The first-order valence-electron chi connectivity index (χ1n) is 8.86. The molecule has 2 aromatic heterocycles. The predicted molar refractivity (Wildman–Crippen MR) is 99.6 cm³/mol. The third-order valence-corrected chi connectivity index (χ3v) is 4.64. The molecule has 142 valence electrons. The van der Waals surface area contributed by atoms with Gasteiger partial charge in [0.05, 0.1) is 24.2 Å². The van der Waals surface area contributed by atoms with Crippen molar-refractivity contribution in [1.29, 1.82) is 0 Å². The highest BCUT2D eigenvalue weighted by Gasteiger charge is 2.34. The number of rotatable bonds is 4. The number of hydrogen-bond acceptors (Lipinski definition) is 5. The van der Waals surface area contributed by atoms with E-state index in [0.717, 1.165) is 5.39 Å². The second-order valence-corrected chi connectivity index (χ2v) is 6.59. The van der Waals surface area contributed by atoms with E-state index in [1.54, 1.807) is 29.2 Å². The molecule has 0 spiro atoms. The van der Waals surface area contributed by atoms with Gasteiger partial charge in [-0.3, -0.25) is 25.2 Å². The first kappa shape index (κ1) is 17.7. The van der Waals surface area contributed by atoms with E-state index < -0.39 is 17.7 Å². The second kappa shape index (κ2) is 7.51. The van der Waals surface area contributed by atoms with E-state index in [0.29, 0.717) is 17.8 Å². The Morgan fingerprint density at radius 1 is 1.11 bits per heavy atom. The van der Waals surface area contributed by atoms with Crippen LogP contribution in [-0.2, 0) is 16.1 Å². The van der Waals surface area contributed by atoms with Gasteiger partial charge in [-0.15, -0.1) is 0 Å². The molecule has 0 saturated carbocycles. The number of hydrogen-bond donors (Lipinski definition) is 2. The largest absolute Gasteiger partial charge is 0.467 e. The van der Waals surface area contributed by atoms with Crippen LogP contribution in [0.3, 0.4) is 0 Å². The van der Waals surface area contributed by atoms with Crippen LogP contribution in [0.5, 0.6) is 0 Å². The van der Waals surface area contributed by atoms with Crippen LogP contribution in [0.2, 0.25) is 0 Å². The molecule has 1 aliphatic rings. The molecule has 0 aliphatic carbocycles. The highest BCUT2D eigenvalue weighted by Crippen LogP contribution is 2.20. The molecule has 1 unspecified atom stereocenters. The summed E-state index contributed by atoms with van der Waals surface area (Å²) in [6, 6.07) is 14.3. The highest BCUT2D eigenvalue weighted by atomic mass is 16.3. The fraction of sp³-hybridized carbons (Fsp3) is 0.200. The molecule has 1 aliphatic heterocycles. The third-order valence-electron chi connectivity index (χ3n) is 4.64. The van der Waals surface area contributed by atoms with Crippen LogP contribution in [0.1, 0.15) is 22.7 Å². The lowest BCUT2D eigenvalue weighted by Gasteiger charge is -2.15. The van der Waals surface area contributed by atoms with Crippen LogP contribution in [0.4, 0.5) is 0 Å². The van der Waals surface area contributed by atoms with Crippen molar-refractivity contribution in [1.82, 2.24) is 20.7 Å². The molecule has 3 heterocycles. The molecule has 0 bridgehead atoms. The van der Waals surface area contributed by atoms with Crippen molar-refractivity contribution >= 4 is 28.6 Å². The lowest BCUT2D eigenvalue weighted by Crippen LogP contribution is -2.45.